The molecule has 0 fully saturated rings. The van der Waals surface area contributed by atoms with E-state index < -0.39 is 0 Å². The average molecular weight is 258 g/mol. The molecule has 0 saturated heterocycles. The predicted octanol–water partition coefficient (Wildman–Crippen LogP) is 3.19. The van der Waals surface area contributed by atoms with Gasteiger partial charge >= 0.3 is 0 Å². The van der Waals surface area contributed by atoms with E-state index in [2.05, 4.69) is 0 Å². The number of methoxy groups -OCH3 is 2. The first-order chi connectivity index (χ1) is 9.22. The predicted molar refractivity (Wildman–Crippen MR) is 75.1 cm³/mol. The minimum absolute atomic E-state index is 0.285. The molecule has 3 heteroatoms. The summed E-state index contributed by atoms with van der Waals surface area (Å²) < 4.78 is 10.2. The van der Waals surface area contributed by atoms with Gasteiger partial charge in [0.1, 0.15) is 17.2 Å². The van der Waals surface area contributed by atoms with Gasteiger partial charge < -0.3 is 14.6 Å². The zero-order chi connectivity index (χ0) is 13.7. The van der Waals surface area contributed by atoms with E-state index in [0.717, 1.165) is 24.2 Å². The second-order valence-electron chi connectivity index (χ2n) is 4.34. The van der Waals surface area contributed by atoms with E-state index in [-0.39, 0.29) is 5.75 Å². The molecule has 2 aromatic rings. The van der Waals surface area contributed by atoms with Crippen LogP contribution in [0.15, 0.2) is 42.5 Å². The minimum Gasteiger partial charge on any atom is -0.508 e. The second-order valence-corrected chi connectivity index (χ2v) is 4.34. The maximum atomic E-state index is 9.88. The lowest BCUT2D eigenvalue weighted by atomic mass is 10.0. The molecule has 0 aliphatic carbocycles. The molecule has 0 amide bonds. The van der Waals surface area contributed by atoms with Crippen LogP contribution in [0.1, 0.15) is 11.1 Å². The smallest absolute Gasteiger partial charge is 0.122 e. The maximum Gasteiger partial charge on any atom is 0.122 e. The van der Waals surface area contributed by atoms with Crippen molar-refractivity contribution < 1.29 is 14.6 Å². The van der Waals surface area contributed by atoms with Crippen molar-refractivity contribution in [3.63, 3.8) is 0 Å². The molecule has 0 atom stereocenters. The molecule has 0 saturated carbocycles. The van der Waals surface area contributed by atoms with E-state index in [1.54, 1.807) is 20.3 Å². The van der Waals surface area contributed by atoms with E-state index in [9.17, 15) is 5.11 Å². The van der Waals surface area contributed by atoms with E-state index in [1.165, 1.54) is 5.56 Å². The van der Waals surface area contributed by atoms with Crippen LogP contribution < -0.4 is 9.47 Å². The zero-order valence-electron chi connectivity index (χ0n) is 11.2. The van der Waals surface area contributed by atoms with Crippen LogP contribution in [0.2, 0.25) is 0 Å². The number of aryl methyl sites for hydroxylation is 2. The Morgan fingerprint density at radius 3 is 2.05 bits per heavy atom. The molecule has 0 aliphatic rings. The van der Waals surface area contributed by atoms with Crippen LogP contribution >= 0.6 is 0 Å². The molecule has 2 rings (SSSR count). The lowest BCUT2D eigenvalue weighted by Gasteiger charge is -2.07. The molecule has 2 aromatic carbocycles. The number of hydrogen-bond donors (Lipinski definition) is 1. The van der Waals surface area contributed by atoms with E-state index in [0.29, 0.717) is 5.75 Å². The monoisotopic (exact) mass is 258 g/mol. The summed E-state index contributed by atoms with van der Waals surface area (Å²) in [5, 5.41) is 9.88. The normalized spacial score (nSPS) is 10.2. The summed E-state index contributed by atoms with van der Waals surface area (Å²) in [5.41, 5.74) is 2.15. The molecule has 0 radical (unpaired) electrons. The summed E-state index contributed by atoms with van der Waals surface area (Å²) in [6.45, 7) is 0. The van der Waals surface area contributed by atoms with Crippen molar-refractivity contribution in [1.82, 2.24) is 0 Å². The van der Waals surface area contributed by atoms with Crippen molar-refractivity contribution >= 4 is 0 Å². The first-order valence-electron chi connectivity index (χ1n) is 6.21. The van der Waals surface area contributed by atoms with Gasteiger partial charge in [0, 0.05) is 6.07 Å². The van der Waals surface area contributed by atoms with Gasteiger partial charge in [-0.05, 0) is 42.2 Å². The van der Waals surface area contributed by atoms with Crippen LogP contribution in [-0.2, 0) is 12.8 Å². The van der Waals surface area contributed by atoms with Crippen molar-refractivity contribution in [2.45, 2.75) is 12.8 Å². The highest BCUT2D eigenvalue weighted by molar-refractivity contribution is 5.40. The average Bonchev–Trinajstić information content (AvgIpc) is 2.46. The van der Waals surface area contributed by atoms with Crippen LogP contribution in [0.5, 0.6) is 17.2 Å². The number of aromatic hydroxyl groups is 1. The van der Waals surface area contributed by atoms with Crippen molar-refractivity contribution in [3.05, 3.63) is 53.6 Å². The van der Waals surface area contributed by atoms with Gasteiger partial charge in [-0.1, -0.05) is 18.2 Å². The van der Waals surface area contributed by atoms with Gasteiger partial charge in [-0.3, -0.25) is 0 Å². The number of phenolic OH excluding ortho intramolecular Hbond substituents is 1. The van der Waals surface area contributed by atoms with Crippen LogP contribution in [0.4, 0.5) is 0 Å². The third-order valence-corrected chi connectivity index (χ3v) is 3.13. The molecular formula is C16H18O3. The molecule has 3 nitrogen and oxygen atoms in total. The molecule has 1 N–H and O–H groups in total. The van der Waals surface area contributed by atoms with Gasteiger partial charge in [0.25, 0.3) is 0 Å². The standard InChI is InChI=1S/C16H18O3/c1-18-14-8-4-12(5-9-14)3-6-13-7-10-15(19-2)11-16(13)17/h4-5,7-11,17H,3,6H2,1-2H3. The molecule has 0 bridgehead atoms. The number of hydrogen-bond acceptors (Lipinski definition) is 3. The Balaban J connectivity index is 2.01. The van der Waals surface area contributed by atoms with Crippen molar-refractivity contribution in [1.29, 1.82) is 0 Å². The van der Waals surface area contributed by atoms with Crippen molar-refractivity contribution in [2.24, 2.45) is 0 Å². The number of phenols is 1. The Morgan fingerprint density at radius 2 is 1.47 bits per heavy atom. The number of ether oxygens (including phenoxy) is 2. The molecule has 100 valence electrons. The molecule has 0 heterocycles. The number of rotatable bonds is 5. The molecule has 0 spiro atoms. The summed E-state index contributed by atoms with van der Waals surface area (Å²) in [6.07, 6.45) is 1.67. The van der Waals surface area contributed by atoms with E-state index >= 15 is 0 Å². The third-order valence-electron chi connectivity index (χ3n) is 3.13. The van der Waals surface area contributed by atoms with E-state index in [1.807, 2.05) is 36.4 Å². The Hall–Kier alpha value is -2.16. The SMILES string of the molecule is COc1ccc(CCc2ccc(OC)cc2O)cc1. The lowest BCUT2D eigenvalue weighted by molar-refractivity contribution is 0.406. The van der Waals surface area contributed by atoms with Crippen LogP contribution in [0.25, 0.3) is 0 Å². The van der Waals surface area contributed by atoms with Crippen LogP contribution in [0, 0.1) is 0 Å². The van der Waals surface area contributed by atoms with Crippen molar-refractivity contribution in [2.75, 3.05) is 14.2 Å². The zero-order valence-corrected chi connectivity index (χ0v) is 11.2. The Labute approximate surface area is 113 Å². The fourth-order valence-corrected chi connectivity index (χ4v) is 1.95. The maximum absolute atomic E-state index is 9.88. The van der Waals surface area contributed by atoms with Crippen LogP contribution in [-0.4, -0.2) is 19.3 Å². The van der Waals surface area contributed by atoms with Crippen LogP contribution in [0.3, 0.4) is 0 Å². The Bertz CT molecular complexity index is 532. The molecule has 0 aliphatic heterocycles. The highest BCUT2D eigenvalue weighted by atomic mass is 16.5. The summed E-state index contributed by atoms with van der Waals surface area (Å²) >= 11 is 0. The van der Waals surface area contributed by atoms with Gasteiger partial charge in [-0.15, -0.1) is 0 Å². The quantitative estimate of drug-likeness (QED) is 0.895. The van der Waals surface area contributed by atoms with E-state index in [4.69, 9.17) is 9.47 Å². The van der Waals surface area contributed by atoms with Gasteiger partial charge in [0.2, 0.25) is 0 Å². The summed E-state index contributed by atoms with van der Waals surface area (Å²) in [7, 11) is 3.25. The topological polar surface area (TPSA) is 38.7 Å². The largest absolute Gasteiger partial charge is 0.508 e. The molecule has 19 heavy (non-hydrogen) atoms. The fraction of sp³-hybridized carbons (Fsp3) is 0.250. The molecule has 0 unspecified atom stereocenters. The van der Waals surface area contributed by atoms with Gasteiger partial charge in [0.05, 0.1) is 14.2 Å². The van der Waals surface area contributed by atoms with Gasteiger partial charge in [0.15, 0.2) is 0 Å². The highest BCUT2D eigenvalue weighted by Crippen LogP contribution is 2.24. The minimum atomic E-state index is 0.285. The Morgan fingerprint density at radius 1 is 0.842 bits per heavy atom. The second kappa shape index (κ2) is 6.14. The highest BCUT2D eigenvalue weighted by Gasteiger charge is 2.04. The summed E-state index contributed by atoms with van der Waals surface area (Å²) in [6, 6.07) is 13.4. The first-order valence-corrected chi connectivity index (χ1v) is 6.21. The van der Waals surface area contributed by atoms with Crippen molar-refractivity contribution in [3.8, 4) is 17.2 Å². The fourth-order valence-electron chi connectivity index (χ4n) is 1.95. The first kappa shape index (κ1) is 13.3. The third kappa shape index (κ3) is 3.41. The summed E-state index contributed by atoms with van der Waals surface area (Å²) in [5.74, 6) is 1.81. The van der Waals surface area contributed by atoms with Gasteiger partial charge in [-0.25, -0.2) is 0 Å². The summed E-state index contributed by atoms with van der Waals surface area (Å²) in [4.78, 5) is 0. The number of benzene rings is 2. The Kier molecular flexibility index (Phi) is 4.29. The molecule has 0 aromatic heterocycles. The van der Waals surface area contributed by atoms with Gasteiger partial charge in [-0.2, -0.15) is 0 Å². The lowest BCUT2D eigenvalue weighted by Crippen LogP contribution is -1.93. The molecular weight excluding hydrogens is 240 g/mol.